The normalized spacial score (nSPS) is 19.8. The highest BCUT2D eigenvalue weighted by Gasteiger charge is 2.24. The number of likely N-dealkylation sites (tertiary alicyclic amines) is 1. The number of hydrogen-bond donors (Lipinski definition) is 2. The molecule has 1 aliphatic heterocycles. The average molecular weight is 283 g/mol. The van der Waals surface area contributed by atoms with E-state index in [0.29, 0.717) is 31.7 Å². The van der Waals surface area contributed by atoms with Crippen LogP contribution in [0.15, 0.2) is 0 Å². The molecule has 0 spiro atoms. The number of amides is 2. The fraction of sp³-hybridized carbons (Fsp3) is 0.857. The maximum atomic E-state index is 11.5. The van der Waals surface area contributed by atoms with Gasteiger partial charge in [-0.15, -0.1) is 0 Å². The van der Waals surface area contributed by atoms with Gasteiger partial charge in [-0.1, -0.05) is 0 Å². The Kier molecular flexibility index (Phi) is 5.64. The number of nitrogens with zero attached hydrogens (tertiary/aromatic N) is 1. The summed E-state index contributed by atoms with van der Waals surface area (Å²) in [4.78, 5) is 24.8. The minimum Gasteiger partial charge on any atom is -0.450 e. The molecule has 2 fully saturated rings. The second kappa shape index (κ2) is 7.47. The topological polar surface area (TPSA) is 70.7 Å². The van der Waals surface area contributed by atoms with E-state index in [4.69, 9.17) is 4.74 Å². The number of hydrogen-bond acceptors (Lipinski definition) is 4. The molecule has 1 heterocycles. The summed E-state index contributed by atoms with van der Waals surface area (Å²) in [5, 5.41) is 6.38. The van der Waals surface area contributed by atoms with Crippen molar-refractivity contribution in [1.29, 1.82) is 0 Å². The van der Waals surface area contributed by atoms with Gasteiger partial charge in [0.15, 0.2) is 0 Å². The van der Waals surface area contributed by atoms with E-state index in [0.717, 1.165) is 38.8 Å². The summed E-state index contributed by atoms with van der Waals surface area (Å²) < 4.78 is 4.99. The zero-order valence-corrected chi connectivity index (χ0v) is 12.2. The van der Waals surface area contributed by atoms with E-state index in [9.17, 15) is 9.59 Å². The molecular weight excluding hydrogens is 258 g/mol. The Morgan fingerprint density at radius 2 is 1.85 bits per heavy atom. The third-order valence-electron chi connectivity index (χ3n) is 3.75. The van der Waals surface area contributed by atoms with Crippen LogP contribution in [0.3, 0.4) is 0 Å². The Balaban J connectivity index is 1.54. The zero-order chi connectivity index (χ0) is 14.4. The second-order valence-electron chi connectivity index (χ2n) is 5.51. The lowest BCUT2D eigenvalue weighted by atomic mass is 10.1. The molecule has 2 aliphatic rings. The molecule has 0 aromatic rings. The second-order valence-corrected chi connectivity index (χ2v) is 5.51. The maximum absolute atomic E-state index is 11.5. The number of carbonyl (C=O) groups is 2. The zero-order valence-electron chi connectivity index (χ0n) is 12.2. The van der Waals surface area contributed by atoms with E-state index in [-0.39, 0.29) is 12.0 Å². The molecule has 0 aromatic heterocycles. The molecule has 0 unspecified atom stereocenters. The van der Waals surface area contributed by atoms with Crippen LogP contribution < -0.4 is 10.6 Å². The van der Waals surface area contributed by atoms with Crippen molar-refractivity contribution < 1.29 is 14.3 Å². The van der Waals surface area contributed by atoms with Crippen LogP contribution in [-0.2, 0) is 9.53 Å². The van der Waals surface area contributed by atoms with Crippen LogP contribution in [-0.4, -0.2) is 55.2 Å². The van der Waals surface area contributed by atoms with Crippen LogP contribution in [0.4, 0.5) is 4.79 Å². The lowest BCUT2D eigenvalue weighted by molar-refractivity contribution is -0.121. The fourth-order valence-electron chi connectivity index (χ4n) is 2.40. The van der Waals surface area contributed by atoms with E-state index < -0.39 is 0 Å². The van der Waals surface area contributed by atoms with Crippen LogP contribution in [0.1, 0.15) is 39.0 Å². The Hall–Kier alpha value is -1.30. The van der Waals surface area contributed by atoms with Gasteiger partial charge < -0.3 is 20.3 Å². The highest BCUT2D eigenvalue weighted by molar-refractivity contribution is 5.76. The van der Waals surface area contributed by atoms with Crippen molar-refractivity contribution in [2.45, 2.75) is 51.1 Å². The van der Waals surface area contributed by atoms with E-state index >= 15 is 0 Å². The monoisotopic (exact) mass is 283 g/mol. The molecule has 2 rings (SSSR count). The van der Waals surface area contributed by atoms with Crippen LogP contribution in [0.2, 0.25) is 0 Å². The van der Waals surface area contributed by atoms with Crippen LogP contribution in [0.25, 0.3) is 0 Å². The molecule has 0 radical (unpaired) electrons. The number of carbonyl (C=O) groups excluding carboxylic acids is 2. The molecule has 114 valence electrons. The summed E-state index contributed by atoms with van der Waals surface area (Å²) in [6.45, 7) is 4.41. The molecule has 1 saturated carbocycles. The number of ether oxygens (including phenoxy) is 1. The summed E-state index contributed by atoms with van der Waals surface area (Å²) in [6, 6.07) is 0.838. The molecule has 0 aromatic carbocycles. The molecule has 1 saturated heterocycles. The number of rotatable bonds is 6. The molecule has 0 atom stereocenters. The van der Waals surface area contributed by atoms with Crippen molar-refractivity contribution in [2.24, 2.45) is 0 Å². The van der Waals surface area contributed by atoms with Crippen molar-refractivity contribution in [2.75, 3.05) is 26.2 Å². The largest absolute Gasteiger partial charge is 0.450 e. The van der Waals surface area contributed by atoms with Gasteiger partial charge in [0.25, 0.3) is 0 Å². The fourth-order valence-corrected chi connectivity index (χ4v) is 2.40. The number of nitrogens with one attached hydrogen (secondary N) is 2. The van der Waals surface area contributed by atoms with Crippen molar-refractivity contribution in [3.63, 3.8) is 0 Å². The molecule has 2 amide bonds. The van der Waals surface area contributed by atoms with Gasteiger partial charge in [0, 0.05) is 38.1 Å². The van der Waals surface area contributed by atoms with Crippen molar-refractivity contribution in [3.05, 3.63) is 0 Å². The standard InChI is InChI=1S/C14H25N3O3/c1-2-20-14(19)17-9-6-11(7-10-17)15-8-5-13(18)16-12-3-4-12/h11-12,15H,2-10H2,1H3,(H,16,18). The van der Waals surface area contributed by atoms with Crippen LogP contribution in [0.5, 0.6) is 0 Å². The summed E-state index contributed by atoms with van der Waals surface area (Å²) in [7, 11) is 0. The SMILES string of the molecule is CCOC(=O)N1CCC(NCCC(=O)NC2CC2)CC1. The Morgan fingerprint density at radius 1 is 1.15 bits per heavy atom. The number of piperidine rings is 1. The van der Waals surface area contributed by atoms with Gasteiger partial charge >= 0.3 is 6.09 Å². The molecule has 1 aliphatic carbocycles. The summed E-state index contributed by atoms with van der Waals surface area (Å²) in [6.07, 6.45) is 4.42. The predicted molar refractivity (Wildman–Crippen MR) is 75.4 cm³/mol. The highest BCUT2D eigenvalue weighted by Crippen LogP contribution is 2.18. The first-order chi connectivity index (χ1) is 9.69. The highest BCUT2D eigenvalue weighted by atomic mass is 16.6. The molecule has 20 heavy (non-hydrogen) atoms. The quantitative estimate of drug-likeness (QED) is 0.758. The first kappa shape index (κ1) is 15.1. The van der Waals surface area contributed by atoms with Gasteiger partial charge in [-0.2, -0.15) is 0 Å². The Bertz CT molecular complexity index is 337. The van der Waals surface area contributed by atoms with E-state index in [1.165, 1.54) is 0 Å². The summed E-state index contributed by atoms with van der Waals surface area (Å²) in [5.74, 6) is 0.143. The lowest BCUT2D eigenvalue weighted by Gasteiger charge is -2.31. The van der Waals surface area contributed by atoms with Gasteiger partial charge in [-0.25, -0.2) is 4.79 Å². The average Bonchev–Trinajstić information content (AvgIpc) is 3.23. The van der Waals surface area contributed by atoms with Gasteiger partial charge in [-0.3, -0.25) is 4.79 Å². The predicted octanol–water partition coefficient (Wildman–Crippen LogP) is 0.866. The first-order valence-corrected chi connectivity index (χ1v) is 7.63. The lowest BCUT2D eigenvalue weighted by Crippen LogP contribution is -2.45. The van der Waals surface area contributed by atoms with Crippen molar-refractivity contribution >= 4 is 12.0 Å². The van der Waals surface area contributed by atoms with Crippen LogP contribution in [0, 0.1) is 0 Å². The minimum absolute atomic E-state index is 0.143. The third kappa shape index (κ3) is 5.00. The van der Waals surface area contributed by atoms with Crippen LogP contribution >= 0.6 is 0 Å². The summed E-state index contributed by atoms with van der Waals surface area (Å²) >= 11 is 0. The molecule has 6 nitrogen and oxygen atoms in total. The van der Waals surface area contributed by atoms with E-state index in [1.54, 1.807) is 4.90 Å². The molecule has 2 N–H and O–H groups in total. The smallest absolute Gasteiger partial charge is 0.409 e. The molecule has 6 heteroatoms. The summed E-state index contributed by atoms with van der Waals surface area (Å²) in [5.41, 5.74) is 0. The maximum Gasteiger partial charge on any atom is 0.409 e. The first-order valence-electron chi connectivity index (χ1n) is 7.63. The van der Waals surface area contributed by atoms with Gasteiger partial charge in [0.2, 0.25) is 5.91 Å². The van der Waals surface area contributed by atoms with Gasteiger partial charge in [-0.05, 0) is 32.6 Å². The Labute approximate surface area is 120 Å². The van der Waals surface area contributed by atoms with E-state index in [1.807, 2.05) is 6.92 Å². The minimum atomic E-state index is -0.213. The van der Waals surface area contributed by atoms with Crippen molar-refractivity contribution in [1.82, 2.24) is 15.5 Å². The Morgan fingerprint density at radius 3 is 2.45 bits per heavy atom. The van der Waals surface area contributed by atoms with Crippen molar-refractivity contribution in [3.8, 4) is 0 Å². The van der Waals surface area contributed by atoms with Gasteiger partial charge in [0.05, 0.1) is 6.61 Å². The van der Waals surface area contributed by atoms with Gasteiger partial charge in [0.1, 0.15) is 0 Å². The molecule has 0 bridgehead atoms. The van der Waals surface area contributed by atoms with E-state index in [2.05, 4.69) is 10.6 Å². The molecular formula is C14H25N3O3. The third-order valence-corrected chi connectivity index (χ3v) is 3.75.